The number of rotatable bonds is 4. The summed E-state index contributed by atoms with van der Waals surface area (Å²) >= 11 is 0. The molecule has 2 fully saturated rings. The maximum absolute atomic E-state index is 12.8. The highest BCUT2D eigenvalue weighted by Crippen LogP contribution is 2.29. The predicted octanol–water partition coefficient (Wildman–Crippen LogP) is 2.68. The van der Waals surface area contributed by atoms with Gasteiger partial charge in [0.15, 0.2) is 0 Å². The second-order valence-electron chi connectivity index (χ2n) is 7.88. The van der Waals surface area contributed by atoms with Gasteiger partial charge in [-0.25, -0.2) is 9.97 Å². The van der Waals surface area contributed by atoms with Gasteiger partial charge in [-0.1, -0.05) is 19.1 Å². The van der Waals surface area contributed by atoms with Crippen molar-refractivity contribution in [2.24, 2.45) is 5.92 Å². The molecule has 2 saturated heterocycles. The molecule has 1 amide bonds. The first-order valence-electron chi connectivity index (χ1n) is 10.4. The van der Waals surface area contributed by atoms with Crippen LogP contribution in [0, 0.1) is 5.92 Å². The molecule has 1 aromatic carbocycles. The summed E-state index contributed by atoms with van der Waals surface area (Å²) in [5, 5.41) is 0. The molecule has 2 aromatic rings. The maximum atomic E-state index is 12.8. The molecule has 0 N–H and O–H groups in total. The maximum Gasteiger partial charge on any atom is 0.272 e. The van der Waals surface area contributed by atoms with Gasteiger partial charge in [-0.3, -0.25) is 4.79 Å². The van der Waals surface area contributed by atoms with E-state index in [0.29, 0.717) is 11.6 Å². The first-order valence-corrected chi connectivity index (χ1v) is 10.4. The van der Waals surface area contributed by atoms with Crippen LogP contribution in [0.4, 0.5) is 11.5 Å². The van der Waals surface area contributed by atoms with Gasteiger partial charge < -0.3 is 19.4 Å². The van der Waals surface area contributed by atoms with E-state index in [9.17, 15) is 4.79 Å². The van der Waals surface area contributed by atoms with Gasteiger partial charge in [0.05, 0.1) is 12.8 Å². The summed E-state index contributed by atoms with van der Waals surface area (Å²) in [5.74, 6) is 2.44. The van der Waals surface area contributed by atoms with Crippen molar-refractivity contribution in [3.05, 3.63) is 42.4 Å². The van der Waals surface area contributed by atoms with Gasteiger partial charge in [0.2, 0.25) is 0 Å². The summed E-state index contributed by atoms with van der Waals surface area (Å²) in [6, 6.07) is 9.95. The quantitative estimate of drug-likeness (QED) is 0.793. The summed E-state index contributed by atoms with van der Waals surface area (Å²) in [5.41, 5.74) is 1.62. The zero-order chi connectivity index (χ0) is 20.2. The Morgan fingerprint density at radius 1 is 1.00 bits per heavy atom. The molecule has 0 unspecified atom stereocenters. The van der Waals surface area contributed by atoms with E-state index in [1.165, 1.54) is 6.33 Å². The Morgan fingerprint density at radius 2 is 1.69 bits per heavy atom. The monoisotopic (exact) mass is 395 g/mol. The minimum Gasteiger partial charge on any atom is -0.495 e. The van der Waals surface area contributed by atoms with Crippen LogP contribution in [0.5, 0.6) is 5.75 Å². The van der Waals surface area contributed by atoms with Gasteiger partial charge >= 0.3 is 0 Å². The van der Waals surface area contributed by atoms with Crippen LogP contribution in [0.3, 0.4) is 0 Å². The average Bonchev–Trinajstić information content (AvgIpc) is 2.79. The first kappa shape index (κ1) is 19.5. The number of aromatic nitrogens is 2. The Morgan fingerprint density at radius 3 is 2.41 bits per heavy atom. The molecule has 154 valence electrons. The van der Waals surface area contributed by atoms with Crippen molar-refractivity contribution in [2.75, 3.05) is 56.2 Å². The van der Waals surface area contributed by atoms with Crippen molar-refractivity contribution in [3.8, 4) is 5.75 Å². The second-order valence-corrected chi connectivity index (χ2v) is 7.88. The Hall–Kier alpha value is -2.83. The lowest BCUT2D eigenvalue weighted by Gasteiger charge is -2.37. The molecule has 2 aliphatic heterocycles. The van der Waals surface area contributed by atoms with Crippen molar-refractivity contribution < 1.29 is 9.53 Å². The van der Waals surface area contributed by atoms with Gasteiger partial charge in [-0.05, 0) is 30.9 Å². The summed E-state index contributed by atoms with van der Waals surface area (Å²) in [6.45, 7) is 7.30. The molecule has 0 spiro atoms. The number of amides is 1. The average molecular weight is 396 g/mol. The van der Waals surface area contributed by atoms with Gasteiger partial charge in [0.1, 0.15) is 23.6 Å². The van der Waals surface area contributed by atoms with E-state index >= 15 is 0 Å². The van der Waals surface area contributed by atoms with Crippen LogP contribution in [-0.4, -0.2) is 67.2 Å². The highest BCUT2D eigenvalue weighted by atomic mass is 16.5. The third kappa shape index (κ3) is 4.28. The van der Waals surface area contributed by atoms with Gasteiger partial charge in [0.25, 0.3) is 5.91 Å². The fourth-order valence-electron chi connectivity index (χ4n) is 4.08. The molecule has 0 atom stereocenters. The Kier molecular flexibility index (Phi) is 5.83. The molecule has 0 bridgehead atoms. The highest BCUT2D eigenvalue weighted by Gasteiger charge is 2.25. The summed E-state index contributed by atoms with van der Waals surface area (Å²) in [4.78, 5) is 28.0. The topological polar surface area (TPSA) is 61.8 Å². The molecular formula is C22H29N5O2. The lowest BCUT2D eigenvalue weighted by Crippen LogP contribution is -2.47. The van der Waals surface area contributed by atoms with E-state index in [-0.39, 0.29) is 5.91 Å². The van der Waals surface area contributed by atoms with Crippen molar-refractivity contribution >= 4 is 17.4 Å². The number of methoxy groups -OCH3 is 1. The first-order chi connectivity index (χ1) is 14.2. The Labute approximate surface area is 172 Å². The van der Waals surface area contributed by atoms with Gasteiger partial charge in [-0.15, -0.1) is 0 Å². The van der Waals surface area contributed by atoms with Crippen molar-refractivity contribution in [1.82, 2.24) is 14.9 Å². The number of likely N-dealkylation sites (tertiary alicyclic amines) is 1. The van der Waals surface area contributed by atoms with Crippen molar-refractivity contribution in [3.63, 3.8) is 0 Å². The number of carbonyl (C=O) groups is 1. The molecule has 0 aliphatic carbocycles. The summed E-state index contributed by atoms with van der Waals surface area (Å²) < 4.78 is 5.50. The number of ether oxygens (including phenoxy) is 1. The number of nitrogens with zero attached hydrogens (tertiary/aromatic N) is 5. The van der Waals surface area contributed by atoms with Gasteiger partial charge in [-0.2, -0.15) is 0 Å². The SMILES string of the molecule is COc1ccccc1N1CCN(c2cc(C(=O)N3CCC(C)CC3)ncn2)CC1. The number of piperidine rings is 1. The van der Waals surface area contributed by atoms with Crippen molar-refractivity contribution in [2.45, 2.75) is 19.8 Å². The standard InChI is InChI=1S/C22H29N5O2/c1-17-7-9-27(10-8-17)22(28)18-15-21(24-16-23-18)26-13-11-25(12-14-26)19-5-3-4-6-20(19)29-2/h3-6,15-17H,7-14H2,1-2H3. The number of hydrogen-bond acceptors (Lipinski definition) is 6. The van der Waals surface area contributed by atoms with E-state index < -0.39 is 0 Å². The lowest BCUT2D eigenvalue weighted by atomic mass is 9.99. The lowest BCUT2D eigenvalue weighted by molar-refractivity contribution is 0.0691. The molecule has 7 nitrogen and oxygen atoms in total. The Bertz CT molecular complexity index is 843. The predicted molar refractivity (Wildman–Crippen MR) is 114 cm³/mol. The molecule has 0 saturated carbocycles. The smallest absolute Gasteiger partial charge is 0.272 e. The zero-order valence-electron chi connectivity index (χ0n) is 17.3. The third-order valence-corrected chi connectivity index (χ3v) is 5.97. The number of piperazine rings is 1. The summed E-state index contributed by atoms with van der Waals surface area (Å²) in [6.07, 6.45) is 3.64. The van der Waals surface area contributed by atoms with E-state index in [2.05, 4.69) is 32.8 Å². The van der Waals surface area contributed by atoms with E-state index in [0.717, 1.165) is 69.4 Å². The Balaban J connectivity index is 1.41. The van der Waals surface area contributed by atoms with Crippen LogP contribution in [0.1, 0.15) is 30.3 Å². The number of benzene rings is 1. The largest absolute Gasteiger partial charge is 0.495 e. The zero-order valence-corrected chi connectivity index (χ0v) is 17.3. The molecule has 2 aliphatic rings. The fraction of sp³-hybridized carbons (Fsp3) is 0.500. The molecule has 7 heteroatoms. The van der Waals surface area contributed by atoms with Crippen LogP contribution < -0.4 is 14.5 Å². The number of carbonyl (C=O) groups excluding carboxylic acids is 1. The highest BCUT2D eigenvalue weighted by molar-refractivity contribution is 5.93. The van der Waals surface area contributed by atoms with Crippen LogP contribution in [-0.2, 0) is 0 Å². The van der Waals surface area contributed by atoms with Crippen LogP contribution >= 0.6 is 0 Å². The van der Waals surface area contributed by atoms with Gasteiger partial charge in [0, 0.05) is 45.3 Å². The second kappa shape index (κ2) is 8.68. The minimum atomic E-state index is 0.0215. The van der Waals surface area contributed by atoms with E-state index in [4.69, 9.17) is 4.74 Å². The molecule has 3 heterocycles. The van der Waals surface area contributed by atoms with Crippen LogP contribution in [0.15, 0.2) is 36.7 Å². The molecular weight excluding hydrogens is 366 g/mol. The number of hydrogen-bond donors (Lipinski definition) is 0. The van der Waals surface area contributed by atoms with Crippen molar-refractivity contribution in [1.29, 1.82) is 0 Å². The minimum absolute atomic E-state index is 0.0215. The van der Waals surface area contributed by atoms with E-state index in [1.807, 2.05) is 29.2 Å². The van der Waals surface area contributed by atoms with E-state index in [1.54, 1.807) is 7.11 Å². The number of para-hydroxylation sites is 2. The molecule has 1 aromatic heterocycles. The third-order valence-electron chi connectivity index (χ3n) is 5.97. The molecule has 29 heavy (non-hydrogen) atoms. The molecule has 4 rings (SSSR count). The van der Waals surface area contributed by atoms with Crippen LogP contribution in [0.25, 0.3) is 0 Å². The van der Waals surface area contributed by atoms with Crippen LogP contribution in [0.2, 0.25) is 0 Å². The normalized spacial score (nSPS) is 18.1. The summed E-state index contributed by atoms with van der Waals surface area (Å²) in [7, 11) is 1.71. The molecule has 0 radical (unpaired) electrons. The number of anilines is 2. The fourth-order valence-corrected chi connectivity index (χ4v) is 4.08.